The lowest BCUT2D eigenvalue weighted by Crippen LogP contribution is -2.57. The van der Waals surface area contributed by atoms with Crippen molar-refractivity contribution in [1.29, 1.82) is 0 Å². The van der Waals surface area contributed by atoms with E-state index in [-0.39, 0.29) is 5.54 Å². The molecule has 19 heavy (non-hydrogen) atoms. The number of hydrogen-bond donors (Lipinski definition) is 1. The Labute approximate surface area is 115 Å². The Morgan fingerprint density at radius 3 is 2.63 bits per heavy atom. The largest absolute Gasteiger partial charge is 0.507 e. The second-order valence-corrected chi connectivity index (χ2v) is 5.94. The Morgan fingerprint density at radius 1 is 1.32 bits per heavy atom. The van der Waals surface area contributed by atoms with Crippen LogP contribution in [0.1, 0.15) is 19.4 Å². The van der Waals surface area contributed by atoms with Crippen LogP contribution in [0.3, 0.4) is 0 Å². The molecule has 1 aromatic carbocycles. The number of aromatic hydroxyl groups is 1. The van der Waals surface area contributed by atoms with Crippen molar-refractivity contribution in [3.63, 3.8) is 0 Å². The average molecular weight is 264 g/mol. The maximum absolute atomic E-state index is 10.0. The number of benzene rings is 1. The van der Waals surface area contributed by atoms with Crippen LogP contribution < -0.4 is 4.74 Å². The molecule has 0 saturated carbocycles. The molecule has 0 amide bonds. The van der Waals surface area contributed by atoms with Crippen LogP contribution in [0.4, 0.5) is 0 Å². The average Bonchev–Trinajstić information content (AvgIpc) is 2.36. The van der Waals surface area contributed by atoms with Crippen molar-refractivity contribution in [2.24, 2.45) is 0 Å². The molecular formula is C15H24N2O2. The molecule has 1 N–H and O–H groups in total. The lowest BCUT2D eigenvalue weighted by Gasteiger charge is -2.45. The minimum absolute atomic E-state index is 0.181. The summed E-state index contributed by atoms with van der Waals surface area (Å²) in [7, 11) is 3.78. The number of nitrogens with zero attached hydrogens (tertiary/aromatic N) is 2. The summed E-state index contributed by atoms with van der Waals surface area (Å²) in [5.74, 6) is 1.01. The van der Waals surface area contributed by atoms with Gasteiger partial charge < -0.3 is 9.84 Å². The van der Waals surface area contributed by atoms with Crippen LogP contribution in [0.25, 0.3) is 0 Å². The number of phenolic OH excluding ortho intramolecular Hbond substituents is 1. The van der Waals surface area contributed by atoms with Gasteiger partial charge in [0, 0.05) is 43.3 Å². The second kappa shape index (κ2) is 5.39. The zero-order valence-electron chi connectivity index (χ0n) is 12.3. The maximum Gasteiger partial charge on any atom is 0.123 e. The smallest absolute Gasteiger partial charge is 0.123 e. The zero-order chi connectivity index (χ0) is 14.0. The normalized spacial score (nSPS) is 20.4. The van der Waals surface area contributed by atoms with Gasteiger partial charge in [0.25, 0.3) is 0 Å². The molecule has 1 saturated heterocycles. The molecule has 4 heteroatoms. The Kier molecular flexibility index (Phi) is 4.02. The number of phenols is 1. The summed E-state index contributed by atoms with van der Waals surface area (Å²) in [6.45, 7) is 8.40. The van der Waals surface area contributed by atoms with Gasteiger partial charge in [0.2, 0.25) is 0 Å². The van der Waals surface area contributed by atoms with Crippen molar-refractivity contribution in [1.82, 2.24) is 9.80 Å². The molecule has 4 nitrogen and oxygen atoms in total. The molecule has 0 radical (unpaired) electrons. The van der Waals surface area contributed by atoms with Crippen LogP contribution in [-0.2, 0) is 6.54 Å². The van der Waals surface area contributed by atoms with E-state index >= 15 is 0 Å². The van der Waals surface area contributed by atoms with E-state index in [4.69, 9.17) is 4.74 Å². The van der Waals surface area contributed by atoms with Crippen LogP contribution in [0, 0.1) is 0 Å². The van der Waals surface area contributed by atoms with E-state index in [2.05, 4.69) is 30.7 Å². The SMILES string of the molecule is COc1ccc(CN2CCN(C)C(C)(C)C2)c(O)c1. The first kappa shape index (κ1) is 14.2. The number of methoxy groups -OCH3 is 1. The molecule has 1 heterocycles. The van der Waals surface area contributed by atoms with Gasteiger partial charge in [-0.05, 0) is 27.0 Å². The number of hydrogen-bond acceptors (Lipinski definition) is 4. The zero-order valence-corrected chi connectivity index (χ0v) is 12.3. The first-order chi connectivity index (χ1) is 8.92. The molecule has 106 valence electrons. The molecule has 1 aromatic rings. The van der Waals surface area contributed by atoms with E-state index in [1.54, 1.807) is 13.2 Å². The Bertz CT molecular complexity index is 446. The maximum atomic E-state index is 10.0. The van der Waals surface area contributed by atoms with E-state index in [0.29, 0.717) is 11.5 Å². The van der Waals surface area contributed by atoms with Crippen LogP contribution >= 0.6 is 0 Å². The van der Waals surface area contributed by atoms with Crippen LogP contribution in [-0.4, -0.2) is 54.2 Å². The van der Waals surface area contributed by atoms with E-state index in [9.17, 15) is 5.11 Å². The third-order valence-corrected chi connectivity index (χ3v) is 4.08. The quantitative estimate of drug-likeness (QED) is 0.905. The topological polar surface area (TPSA) is 35.9 Å². The van der Waals surface area contributed by atoms with E-state index < -0.39 is 0 Å². The molecule has 1 fully saturated rings. The highest BCUT2D eigenvalue weighted by Gasteiger charge is 2.31. The fourth-order valence-corrected chi connectivity index (χ4v) is 2.52. The lowest BCUT2D eigenvalue weighted by molar-refractivity contribution is 0.0356. The lowest BCUT2D eigenvalue weighted by atomic mass is 9.99. The Morgan fingerprint density at radius 2 is 2.05 bits per heavy atom. The fourth-order valence-electron chi connectivity index (χ4n) is 2.52. The first-order valence-corrected chi connectivity index (χ1v) is 6.72. The summed E-state index contributed by atoms with van der Waals surface area (Å²) < 4.78 is 5.11. The van der Waals surface area contributed by atoms with E-state index in [0.717, 1.165) is 31.7 Å². The van der Waals surface area contributed by atoms with Crippen molar-refractivity contribution in [2.45, 2.75) is 25.9 Å². The summed E-state index contributed by atoms with van der Waals surface area (Å²) in [4.78, 5) is 4.78. The summed E-state index contributed by atoms with van der Waals surface area (Å²) >= 11 is 0. The standard InChI is InChI=1S/C15H24N2O2/c1-15(2)11-17(8-7-16(15)3)10-12-5-6-13(19-4)9-14(12)18/h5-6,9,18H,7-8,10-11H2,1-4H3. The van der Waals surface area contributed by atoms with Gasteiger partial charge >= 0.3 is 0 Å². The molecule has 1 aliphatic heterocycles. The summed E-state index contributed by atoms with van der Waals surface area (Å²) in [5, 5.41) is 10.0. The van der Waals surface area contributed by atoms with Gasteiger partial charge in [-0.2, -0.15) is 0 Å². The molecule has 0 spiro atoms. The van der Waals surface area contributed by atoms with Crippen molar-refractivity contribution in [3.05, 3.63) is 23.8 Å². The molecule has 0 atom stereocenters. The monoisotopic (exact) mass is 264 g/mol. The third-order valence-electron chi connectivity index (χ3n) is 4.08. The minimum Gasteiger partial charge on any atom is -0.507 e. The van der Waals surface area contributed by atoms with Gasteiger partial charge in [-0.1, -0.05) is 6.07 Å². The molecular weight excluding hydrogens is 240 g/mol. The van der Waals surface area contributed by atoms with Crippen molar-refractivity contribution in [2.75, 3.05) is 33.8 Å². The van der Waals surface area contributed by atoms with E-state index in [1.807, 2.05) is 12.1 Å². The van der Waals surface area contributed by atoms with E-state index in [1.165, 1.54) is 0 Å². The van der Waals surface area contributed by atoms with Gasteiger partial charge in [0.1, 0.15) is 11.5 Å². The van der Waals surface area contributed by atoms with Gasteiger partial charge in [0.15, 0.2) is 0 Å². The fraction of sp³-hybridized carbons (Fsp3) is 0.600. The number of piperazine rings is 1. The number of ether oxygens (including phenoxy) is 1. The summed E-state index contributed by atoms with van der Waals surface area (Å²) in [6, 6.07) is 5.52. The van der Waals surface area contributed by atoms with Crippen molar-refractivity contribution in [3.8, 4) is 11.5 Å². The van der Waals surface area contributed by atoms with Gasteiger partial charge in [0.05, 0.1) is 7.11 Å². The molecule has 2 rings (SSSR count). The Hall–Kier alpha value is -1.26. The predicted octanol–water partition coefficient (Wildman–Crippen LogP) is 1.93. The second-order valence-electron chi connectivity index (χ2n) is 5.94. The molecule has 0 aliphatic carbocycles. The molecule has 0 bridgehead atoms. The van der Waals surface area contributed by atoms with Crippen LogP contribution in [0.2, 0.25) is 0 Å². The third kappa shape index (κ3) is 3.19. The highest BCUT2D eigenvalue weighted by atomic mass is 16.5. The molecule has 0 unspecified atom stereocenters. The predicted molar refractivity (Wildman–Crippen MR) is 76.6 cm³/mol. The van der Waals surface area contributed by atoms with Gasteiger partial charge in [-0.3, -0.25) is 9.80 Å². The van der Waals surface area contributed by atoms with Crippen molar-refractivity contribution >= 4 is 0 Å². The first-order valence-electron chi connectivity index (χ1n) is 6.72. The Balaban J connectivity index is 2.06. The number of likely N-dealkylation sites (N-methyl/N-ethyl adjacent to an activating group) is 1. The highest BCUT2D eigenvalue weighted by molar-refractivity contribution is 5.39. The van der Waals surface area contributed by atoms with Gasteiger partial charge in [-0.15, -0.1) is 0 Å². The highest BCUT2D eigenvalue weighted by Crippen LogP contribution is 2.26. The van der Waals surface area contributed by atoms with Crippen molar-refractivity contribution < 1.29 is 9.84 Å². The molecule has 1 aliphatic rings. The number of rotatable bonds is 3. The molecule has 0 aromatic heterocycles. The summed E-state index contributed by atoms with van der Waals surface area (Å²) in [5.41, 5.74) is 1.14. The van der Waals surface area contributed by atoms with Crippen LogP contribution in [0.15, 0.2) is 18.2 Å². The summed E-state index contributed by atoms with van der Waals surface area (Å²) in [6.07, 6.45) is 0. The van der Waals surface area contributed by atoms with Crippen LogP contribution in [0.5, 0.6) is 11.5 Å². The van der Waals surface area contributed by atoms with Gasteiger partial charge in [-0.25, -0.2) is 0 Å². The minimum atomic E-state index is 0.181.